The van der Waals surface area contributed by atoms with Crippen molar-refractivity contribution in [2.24, 2.45) is 5.92 Å². The van der Waals surface area contributed by atoms with Crippen molar-refractivity contribution in [1.82, 2.24) is 0 Å². The van der Waals surface area contributed by atoms with Crippen LogP contribution in [-0.4, -0.2) is 18.6 Å². The number of anilines is 1. The molecule has 2 heterocycles. The van der Waals surface area contributed by atoms with Gasteiger partial charge in [0.15, 0.2) is 11.5 Å². The molecule has 1 fully saturated rings. The van der Waals surface area contributed by atoms with E-state index in [1.54, 1.807) is 18.2 Å². The van der Waals surface area contributed by atoms with Crippen LogP contribution in [0.25, 0.3) is 0 Å². The molecule has 1 atom stereocenters. The van der Waals surface area contributed by atoms with Gasteiger partial charge in [-0.05, 0) is 24.1 Å². The van der Waals surface area contributed by atoms with Crippen LogP contribution in [0.3, 0.4) is 0 Å². The zero-order chi connectivity index (χ0) is 15.8. The maximum absolute atomic E-state index is 12.7. The number of carbonyl (C=O) groups is 2. The molecule has 0 radical (unpaired) electrons. The first-order chi connectivity index (χ1) is 11.2. The number of amides is 2. The second-order valence-electron chi connectivity index (χ2n) is 5.70. The Bertz CT molecular complexity index is 772. The molecular weight excluding hydrogens is 294 g/mol. The van der Waals surface area contributed by atoms with E-state index in [1.807, 2.05) is 30.3 Å². The molecule has 0 aromatic heterocycles. The summed E-state index contributed by atoms with van der Waals surface area (Å²) in [5.41, 5.74) is 1.60. The van der Waals surface area contributed by atoms with Crippen LogP contribution in [0.1, 0.15) is 12.0 Å². The van der Waals surface area contributed by atoms with Crippen LogP contribution >= 0.6 is 0 Å². The first-order valence-electron chi connectivity index (χ1n) is 7.53. The molecule has 2 aliphatic heterocycles. The van der Waals surface area contributed by atoms with Gasteiger partial charge in [-0.3, -0.25) is 14.5 Å². The van der Waals surface area contributed by atoms with Crippen LogP contribution in [0.5, 0.6) is 11.5 Å². The van der Waals surface area contributed by atoms with E-state index in [-0.39, 0.29) is 30.9 Å². The van der Waals surface area contributed by atoms with Crippen molar-refractivity contribution in [3.05, 3.63) is 54.1 Å². The van der Waals surface area contributed by atoms with Gasteiger partial charge in [-0.1, -0.05) is 30.3 Å². The largest absolute Gasteiger partial charge is 0.454 e. The van der Waals surface area contributed by atoms with Gasteiger partial charge >= 0.3 is 0 Å². The summed E-state index contributed by atoms with van der Waals surface area (Å²) in [6.45, 7) is 0.164. The molecule has 2 aliphatic rings. The van der Waals surface area contributed by atoms with Crippen molar-refractivity contribution < 1.29 is 19.1 Å². The van der Waals surface area contributed by atoms with E-state index in [0.29, 0.717) is 23.6 Å². The minimum absolute atomic E-state index is 0.155. The predicted octanol–water partition coefficient (Wildman–Crippen LogP) is 2.54. The van der Waals surface area contributed by atoms with Gasteiger partial charge in [-0.2, -0.15) is 0 Å². The Labute approximate surface area is 133 Å². The topological polar surface area (TPSA) is 55.8 Å². The van der Waals surface area contributed by atoms with Gasteiger partial charge in [-0.15, -0.1) is 0 Å². The molecule has 5 nitrogen and oxygen atoms in total. The van der Waals surface area contributed by atoms with Crippen molar-refractivity contribution in [3.63, 3.8) is 0 Å². The summed E-state index contributed by atoms with van der Waals surface area (Å²) in [6, 6.07) is 14.9. The van der Waals surface area contributed by atoms with Crippen LogP contribution in [0.4, 0.5) is 5.69 Å². The van der Waals surface area contributed by atoms with Gasteiger partial charge in [0, 0.05) is 12.5 Å². The maximum Gasteiger partial charge on any atom is 0.237 e. The molecule has 5 heteroatoms. The third-order valence-corrected chi connectivity index (χ3v) is 4.18. The molecule has 0 unspecified atom stereocenters. The normalized spacial score (nSPS) is 19.5. The second-order valence-corrected chi connectivity index (χ2v) is 5.70. The van der Waals surface area contributed by atoms with Crippen LogP contribution in [0.2, 0.25) is 0 Å². The van der Waals surface area contributed by atoms with E-state index in [0.717, 1.165) is 5.56 Å². The first kappa shape index (κ1) is 13.8. The number of ether oxygens (including phenoxy) is 2. The van der Waals surface area contributed by atoms with Gasteiger partial charge in [-0.25, -0.2) is 0 Å². The summed E-state index contributed by atoms with van der Waals surface area (Å²) in [6.07, 6.45) is 0.814. The number of benzene rings is 2. The molecule has 0 bridgehead atoms. The Morgan fingerprint density at radius 2 is 1.78 bits per heavy atom. The number of hydrogen-bond acceptors (Lipinski definition) is 4. The summed E-state index contributed by atoms with van der Waals surface area (Å²) < 4.78 is 10.6. The Kier molecular flexibility index (Phi) is 3.26. The Morgan fingerprint density at radius 3 is 2.61 bits per heavy atom. The molecule has 2 aromatic carbocycles. The van der Waals surface area contributed by atoms with E-state index >= 15 is 0 Å². The zero-order valence-corrected chi connectivity index (χ0v) is 12.4. The summed E-state index contributed by atoms with van der Waals surface area (Å²) >= 11 is 0. The lowest BCUT2D eigenvalue weighted by molar-refractivity contribution is -0.122. The number of carbonyl (C=O) groups excluding carboxylic acids is 2. The summed E-state index contributed by atoms with van der Waals surface area (Å²) in [4.78, 5) is 26.2. The summed E-state index contributed by atoms with van der Waals surface area (Å²) in [5, 5.41) is 0. The first-order valence-corrected chi connectivity index (χ1v) is 7.53. The van der Waals surface area contributed by atoms with Crippen molar-refractivity contribution in [1.29, 1.82) is 0 Å². The molecular formula is C18H15NO4. The van der Waals surface area contributed by atoms with Crippen molar-refractivity contribution in [2.75, 3.05) is 11.7 Å². The third kappa shape index (κ3) is 2.44. The average Bonchev–Trinajstić information content (AvgIpc) is 3.13. The highest BCUT2D eigenvalue weighted by Gasteiger charge is 2.39. The van der Waals surface area contributed by atoms with E-state index in [4.69, 9.17) is 9.47 Å². The SMILES string of the molecule is O=C1C[C@H](Cc2ccccc2)C(=O)N1c1ccc2c(c1)OCO2. The molecule has 2 aromatic rings. The number of rotatable bonds is 3. The quantitative estimate of drug-likeness (QED) is 0.818. The summed E-state index contributed by atoms with van der Waals surface area (Å²) in [5.74, 6) is 0.561. The molecule has 1 saturated heterocycles. The van der Waals surface area contributed by atoms with E-state index in [1.165, 1.54) is 4.90 Å². The number of imide groups is 1. The smallest absolute Gasteiger partial charge is 0.237 e. The standard InChI is InChI=1S/C18H15NO4/c20-17-9-13(8-12-4-2-1-3-5-12)18(21)19(17)14-6-7-15-16(10-14)23-11-22-15/h1-7,10,13H,8-9,11H2/t13-/m0/s1. The van der Waals surface area contributed by atoms with Gasteiger partial charge in [0.2, 0.25) is 18.6 Å². The van der Waals surface area contributed by atoms with E-state index < -0.39 is 0 Å². The van der Waals surface area contributed by atoms with Gasteiger partial charge in [0.05, 0.1) is 11.6 Å². The second kappa shape index (κ2) is 5.43. The van der Waals surface area contributed by atoms with Crippen LogP contribution in [-0.2, 0) is 16.0 Å². The molecule has 0 aliphatic carbocycles. The van der Waals surface area contributed by atoms with Crippen molar-refractivity contribution in [2.45, 2.75) is 12.8 Å². The third-order valence-electron chi connectivity index (χ3n) is 4.18. The van der Waals surface area contributed by atoms with Crippen LogP contribution in [0.15, 0.2) is 48.5 Å². The molecule has 2 amide bonds. The Morgan fingerprint density at radius 1 is 1.00 bits per heavy atom. The lowest BCUT2D eigenvalue weighted by Gasteiger charge is -2.15. The highest BCUT2D eigenvalue weighted by Crippen LogP contribution is 2.37. The summed E-state index contributed by atoms with van der Waals surface area (Å²) in [7, 11) is 0. The monoisotopic (exact) mass is 309 g/mol. The van der Waals surface area contributed by atoms with E-state index in [9.17, 15) is 9.59 Å². The van der Waals surface area contributed by atoms with Gasteiger partial charge < -0.3 is 9.47 Å². The molecule has 0 N–H and O–H groups in total. The highest BCUT2D eigenvalue weighted by atomic mass is 16.7. The lowest BCUT2D eigenvalue weighted by atomic mass is 9.98. The fourth-order valence-electron chi connectivity index (χ4n) is 3.05. The van der Waals surface area contributed by atoms with Crippen LogP contribution < -0.4 is 14.4 Å². The number of hydrogen-bond donors (Lipinski definition) is 0. The minimum atomic E-state index is -0.310. The molecule has 0 saturated carbocycles. The van der Waals surface area contributed by atoms with Gasteiger partial charge in [0.25, 0.3) is 0 Å². The van der Waals surface area contributed by atoms with Crippen molar-refractivity contribution >= 4 is 17.5 Å². The lowest BCUT2D eigenvalue weighted by Crippen LogP contribution is -2.30. The fraction of sp³-hybridized carbons (Fsp3) is 0.222. The molecule has 4 rings (SSSR count). The Balaban J connectivity index is 1.58. The average molecular weight is 309 g/mol. The predicted molar refractivity (Wildman–Crippen MR) is 83.3 cm³/mol. The molecule has 116 valence electrons. The maximum atomic E-state index is 12.7. The minimum Gasteiger partial charge on any atom is -0.454 e. The number of nitrogens with zero attached hydrogens (tertiary/aromatic N) is 1. The van der Waals surface area contributed by atoms with E-state index in [2.05, 4.69) is 0 Å². The highest BCUT2D eigenvalue weighted by molar-refractivity contribution is 6.21. The Hall–Kier alpha value is -2.82. The zero-order valence-electron chi connectivity index (χ0n) is 12.4. The fourth-order valence-corrected chi connectivity index (χ4v) is 3.05. The van der Waals surface area contributed by atoms with Gasteiger partial charge in [0.1, 0.15) is 0 Å². The molecule has 23 heavy (non-hydrogen) atoms. The van der Waals surface area contributed by atoms with Crippen molar-refractivity contribution in [3.8, 4) is 11.5 Å². The number of fused-ring (bicyclic) bond motifs is 1. The molecule has 0 spiro atoms. The van der Waals surface area contributed by atoms with Crippen LogP contribution in [0, 0.1) is 5.92 Å².